The number of piperidine rings is 1. The van der Waals surface area contributed by atoms with Crippen LogP contribution in [0, 0.1) is 0 Å². The van der Waals surface area contributed by atoms with E-state index in [-0.39, 0.29) is 5.60 Å². The minimum absolute atomic E-state index is 0.0140. The molecule has 0 aromatic carbocycles. The van der Waals surface area contributed by atoms with Crippen molar-refractivity contribution in [1.82, 2.24) is 10.2 Å². The van der Waals surface area contributed by atoms with E-state index in [2.05, 4.69) is 31.0 Å². The fraction of sp³-hybridized carbons (Fsp3) is 1.00. The second kappa shape index (κ2) is 12.4. The number of ether oxygens (including phenoxy) is 1. The molecule has 0 spiro atoms. The van der Waals surface area contributed by atoms with Crippen LogP contribution in [0.4, 0.5) is 0 Å². The van der Waals surface area contributed by atoms with Gasteiger partial charge in [0.1, 0.15) is 0 Å². The van der Waals surface area contributed by atoms with Crippen molar-refractivity contribution in [3.8, 4) is 0 Å². The number of nitrogens with zero attached hydrogens (tertiary/aromatic N) is 1. The largest absolute Gasteiger partial charge is 0.373 e. The van der Waals surface area contributed by atoms with Crippen LogP contribution in [0.1, 0.15) is 73.1 Å². The molecule has 1 N–H and O–H groups in total. The summed E-state index contributed by atoms with van der Waals surface area (Å²) in [6, 6.07) is 0. The summed E-state index contributed by atoms with van der Waals surface area (Å²) >= 11 is 0. The van der Waals surface area contributed by atoms with Gasteiger partial charge in [-0.1, -0.05) is 26.7 Å². The van der Waals surface area contributed by atoms with E-state index < -0.39 is 0 Å². The van der Waals surface area contributed by atoms with Crippen molar-refractivity contribution < 1.29 is 4.74 Å². The number of likely N-dealkylation sites (tertiary alicyclic amines) is 1. The first-order chi connectivity index (χ1) is 10.0. The SMILES string of the molecule is CC.CNCCCCCCN1CCC(OC(C)(C)C)CC1. The summed E-state index contributed by atoms with van der Waals surface area (Å²) in [5.41, 5.74) is 0.0140. The average Bonchev–Trinajstić information content (AvgIpc) is 2.45. The standard InChI is InChI=1S/C16H34N2O.C2H6/c1-16(2,3)19-15-9-13-18(14-10-15)12-8-6-5-7-11-17-4;1-2/h15,17H,5-14H2,1-4H3;1-2H3. The lowest BCUT2D eigenvalue weighted by Gasteiger charge is -2.35. The fourth-order valence-corrected chi connectivity index (χ4v) is 2.74. The van der Waals surface area contributed by atoms with Crippen LogP contribution in [-0.2, 0) is 4.74 Å². The lowest BCUT2D eigenvalue weighted by Crippen LogP contribution is -2.40. The molecule has 1 saturated heterocycles. The molecule has 1 aliphatic rings. The predicted molar refractivity (Wildman–Crippen MR) is 94.0 cm³/mol. The summed E-state index contributed by atoms with van der Waals surface area (Å²) in [5.74, 6) is 0. The van der Waals surface area contributed by atoms with Crippen LogP contribution in [0.25, 0.3) is 0 Å². The van der Waals surface area contributed by atoms with Gasteiger partial charge in [-0.15, -0.1) is 0 Å². The Bertz CT molecular complexity index is 218. The van der Waals surface area contributed by atoms with Crippen molar-refractivity contribution in [3.05, 3.63) is 0 Å². The molecule has 1 fully saturated rings. The quantitative estimate of drug-likeness (QED) is 0.684. The first kappa shape index (κ1) is 20.9. The van der Waals surface area contributed by atoms with E-state index in [0.717, 1.165) is 6.54 Å². The van der Waals surface area contributed by atoms with Gasteiger partial charge in [0, 0.05) is 13.1 Å². The van der Waals surface area contributed by atoms with Crippen molar-refractivity contribution >= 4 is 0 Å². The van der Waals surface area contributed by atoms with Crippen molar-refractivity contribution in [2.24, 2.45) is 0 Å². The van der Waals surface area contributed by atoms with E-state index in [4.69, 9.17) is 4.74 Å². The maximum absolute atomic E-state index is 6.06. The van der Waals surface area contributed by atoms with Crippen molar-refractivity contribution in [2.45, 2.75) is 84.8 Å². The molecule has 0 unspecified atom stereocenters. The first-order valence-electron chi connectivity index (χ1n) is 9.06. The van der Waals surface area contributed by atoms with Crippen LogP contribution in [-0.4, -0.2) is 49.8 Å². The third-order valence-corrected chi connectivity index (χ3v) is 3.71. The second-order valence-corrected chi connectivity index (χ2v) is 6.79. The summed E-state index contributed by atoms with van der Waals surface area (Å²) in [4.78, 5) is 2.61. The van der Waals surface area contributed by atoms with Gasteiger partial charge in [-0.2, -0.15) is 0 Å². The lowest BCUT2D eigenvalue weighted by molar-refractivity contribution is -0.0820. The summed E-state index contributed by atoms with van der Waals surface area (Å²) < 4.78 is 6.06. The summed E-state index contributed by atoms with van der Waals surface area (Å²) in [7, 11) is 2.03. The molecule has 128 valence electrons. The van der Waals surface area contributed by atoms with Gasteiger partial charge < -0.3 is 15.0 Å². The second-order valence-electron chi connectivity index (χ2n) is 6.79. The molecule has 0 amide bonds. The molecular formula is C18H40N2O. The molecule has 0 aliphatic carbocycles. The molecular weight excluding hydrogens is 260 g/mol. The van der Waals surface area contributed by atoms with Gasteiger partial charge in [0.25, 0.3) is 0 Å². The van der Waals surface area contributed by atoms with Crippen LogP contribution < -0.4 is 5.32 Å². The molecule has 0 saturated carbocycles. The highest BCUT2D eigenvalue weighted by Gasteiger charge is 2.23. The maximum Gasteiger partial charge on any atom is 0.0606 e. The summed E-state index contributed by atoms with van der Waals surface area (Å²) in [6.07, 6.45) is 8.30. The Morgan fingerprint density at radius 2 is 1.57 bits per heavy atom. The van der Waals surface area contributed by atoms with Crippen LogP contribution in [0.3, 0.4) is 0 Å². The number of hydrogen-bond acceptors (Lipinski definition) is 3. The molecule has 0 aromatic rings. The van der Waals surface area contributed by atoms with Gasteiger partial charge >= 0.3 is 0 Å². The third kappa shape index (κ3) is 12.1. The Labute approximate surface area is 133 Å². The predicted octanol–water partition coefficient (Wildman–Crippen LogP) is 4.07. The Balaban J connectivity index is 0.00000191. The van der Waals surface area contributed by atoms with E-state index in [0.29, 0.717) is 6.10 Å². The highest BCUT2D eigenvalue weighted by molar-refractivity contribution is 4.75. The topological polar surface area (TPSA) is 24.5 Å². The fourth-order valence-electron chi connectivity index (χ4n) is 2.74. The molecule has 0 bridgehead atoms. The molecule has 0 aromatic heterocycles. The van der Waals surface area contributed by atoms with E-state index in [9.17, 15) is 0 Å². The lowest BCUT2D eigenvalue weighted by atomic mass is 10.1. The zero-order valence-electron chi connectivity index (χ0n) is 15.5. The third-order valence-electron chi connectivity index (χ3n) is 3.71. The van der Waals surface area contributed by atoms with Gasteiger partial charge in [0.15, 0.2) is 0 Å². The van der Waals surface area contributed by atoms with Gasteiger partial charge in [-0.3, -0.25) is 0 Å². The molecule has 1 heterocycles. The van der Waals surface area contributed by atoms with Gasteiger partial charge in [-0.25, -0.2) is 0 Å². The monoisotopic (exact) mass is 300 g/mol. The van der Waals surface area contributed by atoms with Gasteiger partial charge in [0.05, 0.1) is 11.7 Å². The number of nitrogens with one attached hydrogen (secondary N) is 1. The Morgan fingerprint density at radius 3 is 2.10 bits per heavy atom. The highest BCUT2D eigenvalue weighted by atomic mass is 16.5. The molecule has 3 heteroatoms. The highest BCUT2D eigenvalue weighted by Crippen LogP contribution is 2.20. The maximum atomic E-state index is 6.06. The summed E-state index contributed by atoms with van der Waals surface area (Å²) in [5, 5.41) is 3.21. The van der Waals surface area contributed by atoms with E-state index in [1.165, 1.54) is 58.2 Å². The first-order valence-corrected chi connectivity index (χ1v) is 9.06. The molecule has 0 atom stereocenters. The number of rotatable bonds is 8. The van der Waals surface area contributed by atoms with Crippen molar-refractivity contribution in [3.63, 3.8) is 0 Å². The van der Waals surface area contributed by atoms with E-state index in [1.54, 1.807) is 0 Å². The summed E-state index contributed by atoms with van der Waals surface area (Å²) in [6.45, 7) is 15.4. The molecule has 21 heavy (non-hydrogen) atoms. The Morgan fingerprint density at radius 1 is 1.00 bits per heavy atom. The number of unbranched alkanes of at least 4 members (excludes halogenated alkanes) is 3. The van der Waals surface area contributed by atoms with Crippen LogP contribution in [0.15, 0.2) is 0 Å². The van der Waals surface area contributed by atoms with Gasteiger partial charge in [-0.05, 0) is 66.6 Å². The molecule has 3 nitrogen and oxygen atoms in total. The average molecular weight is 301 g/mol. The Kier molecular flexibility index (Phi) is 12.4. The number of hydrogen-bond donors (Lipinski definition) is 1. The molecule has 1 aliphatic heterocycles. The smallest absolute Gasteiger partial charge is 0.0606 e. The molecule has 1 rings (SSSR count). The zero-order chi connectivity index (χ0) is 16.1. The minimum atomic E-state index is 0.0140. The van der Waals surface area contributed by atoms with E-state index in [1.807, 2.05) is 20.9 Å². The van der Waals surface area contributed by atoms with E-state index >= 15 is 0 Å². The van der Waals surface area contributed by atoms with Crippen molar-refractivity contribution in [2.75, 3.05) is 33.2 Å². The minimum Gasteiger partial charge on any atom is -0.373 e. The van der Waals surface area contributed by atoms with Crippen LogP contribution in [0.2, 0.25) is 0 Å². The van der Waals surface area contributed by atoms with Crippen LogP contribution >= 0.6 is 0 Å². The van der Waals surface area contributed by atoms with Gasteiger partial charge in [0.2, 0.25) is 0 Å². The van der Waals surface area contributed by atoms with Crippen molar-refractivity contribution in [1.29, 1.82) is 0 Å². The molecule has 0 radical (unpaired) electrons. The van der Waals surface area contributed by atoms with Crippen LogP contribution in [0.5, 0.6) is 0 Å². The normalized spacial score (nSPS) is 17.4. The Hall–Kier alpha value is -0.120. The zero-order valence-corrected chi connectivity index (χ0v) is 15.5.